The molecule has 0 aromatic carbocycles. The van der Waals surface area contributed by atoms with E-state index >= 15 is 0 Å². The van der Waals surface area contributed by atoms with E-state index in [4.69, 9.17) is 18.9 Å². The molecule has 0 spiro atoms. The van der Waals surface area contributed by atoms with Gasteiger partial charge in [0.1, 0.15) is 0 Å². The fraction of sp³-hybridized carbons (Fsp3) is 1.00. The number of hydrogen-bond acceptors (Lipinski definition) is 4. The van der Waals surface area contributed by atoms with Crippen molar-refractivity contribution >= 4 is 0 Å². The lowest BCUT2D eigenvalue weighted by Gasteiger charge is -2.35. The Hall–Kier alpha value is -0.160. The second-order valence-corrected chi connectivity index (χ2v) is 11.3. The average molecular weight is 377 g/mol. The van der Waals surface area contributed by atoms with Gasteiger partial charge in [-0.1, -0.05) is 0 Å². The summed E-state index contributed by atoms with van der Waals surface area (Å²) in [5.41, 5.74) is -0.558. The standard InChI is InChI=1S/C12H26O2.C10H22O2/c1-10(2,3)13-9-12(7,8)14-11(4,5)6;1-9(2,3)11-7-8-12-10(4,5)6/h9H2,1-8H3;7-8H2,1-6H3. The van der Waals surface area contributed by atoms with Crippen molar-refractivity contribution in [3.05, 3.63) is 0 Å². The van der Waals surface area contributed by atoms with Gasteiger partial charge in [0.2, 0.25) is 0 Å². The van der Waals surface area contributed by atoms with Crippen LogP contribution in [0, 0.1) is 0 Å². The normalized spacial score (nSPS) is 14.1. The van der Waals surface area contributed by atoms with Crippen LogP contribution >= 0.6 is 0 Å². The van der Waals surface area contributed by atoms with Crippen LogP contribution in [0.4, 0.5) is 0 Å². The SMILES string of the molecule is CC(C)(C)OCC(C)(C)OC(C)(C)C.CC(C)(C)OCCOC(C)(C)C. The summed E-state index contributed by atoms with van der Waals surface area (Å²) in [7, 11) is 0. The molecule has 0 N–H and O–H groups in total. The molecule has 0 aliphatic rings. The molecule has 0 aliphatic carbocycles. The summed E-state index contributed by atoms with van der Waals surface area (Å²) in [6.07, 6.45) is 0. The summed E-state index contributed by atoms with van der Waals surface area (Å²) < 4.78 is 22.6. The van der Waals surface area contributed by atoms with Crippen LogP contribution in [-0.2, 0) is 18.9 Å². The van der Waals surface area contributed by atoms with Crippen LogP contribution in [0.5, 0.6) is 0 Å². The molecule has 0 atom stereocenters. The maximum atomic E-state index is 5.90. The molecular formula is C22H48O4. The summed E-state index contributed by atoms with van der Waals surface area (Å²) in [5.74, 6) is 0. The average Bonchev–Trinajstić information content (AvgIpc) is 2.27. The Bertz CT molecular complexity index is 344. The van der Waals surface area contributed by atoms with Crippen molar-refractivity contribution < 1.29 is 18.9 Å². The first-order valence-electron chi connectivity index (χ1n) is 9.74. The molecule has 26 heavy (non-hydrogen) atoms. The molecule has 0 aromatic heterocycles. The zero-order valence-electron chi connectivity index (χ0n) is 20.3. The van der Waals surface area contributed by atoms with Gasteiger partial charge in [-0.2, -0.15) is 0 Å². The lowest BCUT2D eigenvalue weighted by Crippen LogP contribution is -2.40. The van der Waals surface area contributed by atoms with Crippen LogP contribution < -0.4 is 0 Å². The zero-order valence-corrected chi connectivity index (χ0v) is 20.3. The topological polar surface area (TPSA) is 36.9 Å². The first-order valence-corrected chi connectivity index (χ1v) is 9.74. The Morgan fingerprint density at radius 1 is 0.423 bits per heavy atom. The Morgan fingerprint density at radius 3 is 0.962 bits per heavy atom. The zero-order chi connectivity index (χ0) is 21.4. The van der Waals surface area contributed by atoms with Crippen molar-refractivity contribution in [1.29, 1.82) is 0 Å². The highest BCUT2D eigenvalue weighted by Gasteiger charge is 2.27. The molecular weight excluding hydrogens is 328 g/mol. The summed E-state index contributed by atoms with van der Waals surface area (Å²) in [4.78, 5) is 0. The molecule has 0 radical (unpaired) electrons. The summed E-state index contributed by atoms with van der Waals surface area (Å²) in [6.45, 7) is 30.7. The van der Waals surface area contributed by atoms with Crippen molar-refractivity contribution in [2.24, 2.45) is 0 Å². The van der Waals surface area contributed by atoms with Crippen molar-refractivity contribution in [2.45, 2.75) is 125 Å². The highest BCUT2D eigenvalue weighted by molar-refractivity contribution is 4.75. The van der Waals surface area contributed by atoms with Gasteiger partial charge >= 0.3 is 0 Å². The quantitative estimate of drug-likeness (QED) is 0.532. The molecule has 0 heterocycles. The molecule has 0 saturated heterocycles. The van der Waals surface area contributed by atoms with Gasteiger partial charge < -0.3 is 18.9 Å². The van der Waals surface area contributed by atoms with Crippen molar-refractivity contribution in [3.8, 4) is 0 Å². The van der Waals surface area contributed by atoms with Gasteiger partial charge in [-0.25, -0.2) is 0 Å². The van der Waals surface area contributed by atoms with Gasteiger partial charge in [-0.15, -0.1) is 0 Å². The second-order valence-electron chi connectivity index (χ2n) is 11.3. The van der Waals surface area contributed by atoms with Crippen LogP contribution in [-0.4, -0.2) is 47.8 Å². The van der Waals surface area contributed by atoms with Crippen LogP contribution in [0.15, 0.2) is 0 Å². The molecule has 4 heteroatoms. The largest absolute Gasteiger partial charge is 0.373 e. The van der Waals surface area contributed by atoms with E-state index in [2.05, 4.69) is 55.4 Å². The Kier molecular flexibility index (Phi) is 11.2. The molecule has 0 fully saturated rings. The Labute approximate surface area is 164 Å². The third-order valence-electron chi connectivity index (χ3n) is 2.59. The minimum atomic E-state index is -0.231. The fourth-order valence-electron chi connectivity index (χ4n) is 1.94. The van der Waals surface area contributed by atoms with Gasteiger partial charge in [0.25, 0.3) is 0 Å². The van der Waals surface area contributed by atoms with Crippen LogP contribution in [0.25, 0.3) is 0 Å². The van der Waals surface area contributed by atoms with Crippen molar-refractivity contribution in [2.75, 3.05) is 19.8 Å². The summed E-state index contributed by atoms with van der Waals surface area (Å²) in [6, 6.07) is 0. The molecule has 0 amide bonds. The molecule has 0 saturated carbocycles. The van der Waals surface area contributed by atoms with Gasteiger partial charge in [0.05, 0.1) is 47.8 Å². The highest BCUT2D eigenvalue weighted by Crippen LogP contribution is 2.22. The molecule has 4 nitrogen and oxygen atoms in total. The van der Waals surface area contributed by atoms with Gasteiger partial charge in [0, 0.05) is 0 Å². The number of rotatable bonds is 6. The predicted molar refractivity (Wildman–Crippen MR) is 112 cm³/mol. The Balaban J connectivity index is 0. The number of hydrogen-bond donors (Lipinski definition) is 0. The molecule has 160 valence electrons. The van der Waals surface area contributed by atoms with E-state index in [1.807, 2.05) is 41.5 Å². The maximum absolute atomic E-state index is 5.90. The van der Waals surface area contributed by atoms with E-state index in [-0.39, 0.29) is 28.0 Å². The minimum absolute atomic E-state index is 0.0543. The molecule has 0 unspecified atom stereocenters. The summed E-state index contributed by atoms with van der Waals surface area (Å²) >= 11 is 0. The highest BCUT2D eigenvalue weighted by atomic mass is 16.6. The Morgan fingerprint density at radius 2 is 0.731 bits per heavy atom. The van der Waals surface area contributed by atoms with Crippen LogP contribution in [0.2, 0.25) is 0 Å². The van der Waals surface area contributed by atoms with Crippen LogP contribution in [0.3, 0.4) is 0 Å². The first-order chi connectivity index (χ1) is 11.1. The van der Waals surface area contributed by atoms with Crippen molar-refractivity contribution in [3.63, 3.8) is 0 Å². The minimum Gasteiger partial charge on any atom is -0.373 e. The fourth-order valence-corrected chi connectivity index (χ4v) is 1.94. The molecule has 0 aliphatic heterocycles. The van der Waals surface area contributed by atoms with Crippen molar-refractivity contribution in [1.82, 2.24) is 0 Å². The first kappa shape index (κ1) is 28.1. The van der Waals surface area contributed by atoms with Gasteiger partial charge in [0.15, 0.2) is 0 Å². The number of ether oxygens (including phenoxy) is 4. The van der Waals surface area contributed by atoms with E-state index in [1.54, 1.807) is 0 Å². The van der Waals surface area contributed by atoms with E-state index in [9.17, 15) is 0 Å². The second kappa shape index (κ2) is 10.4. The summed E-state index contributed by atoms with van der Waals surface area (Å²) in [5, 5.41) is 0. The molecule has 0 rings (SSSR count). The van der Waals surface area contributed by atoms with E-state index in [1.165, 1.54) is 0 Å². The monoisotopic (exact) mass is 376 g/mol. The smallest absolute Gasteiger partial charge is 0.0866 e. The lowest BCUT2D eigenvalue weighted by molar-refractivity contribution is -0.163. The van der Waals surface area contributed by atoms with Gasteiger partial charge in [-0.3, -0.25) is 0 Å². The van der Waals surface area contributed by atoms with Crippen LogP contribution in [0.1, 0.15) is 96.9 Å². The lowest BCUT2D eigenvalue weighted by atomic mass is 10.1. The van der Waals surface area contributed by atoms with Gasteiger partial charge in [-0.05, 0) is 96.9 Å². The van der Waals surface area contributed by atoms with E-state index < -0.39 is 0 Å². The maximum Gasteiger partial charge on any atom is 0.0866 e. The third-order valence-corrected chi connectivity index (χ3v) is 2.59. The van der Waals surface area contributed by atoms with E-state index in [0.717, 1.165) is 0 Å². The van der Waals surface area contributed by atoms with E-state index in [0.29, 0.717) is 19.8 Å². The molecule has 0 bridgehead atoms. The third kappa shape index (κ3) is 26.1. The predicted octanol–water partition coefficient (Wildman–Crippen LogP) is 6.01. The molecule has 0 aromatic rings.